The van der Waals surface area contributed by atoms with E-state index >= 15 is 0 Å². The van der Waals surface area contributed by atoms with Crippen LogP contribution in [0.15, 0.2) is 83.6 Å². The third-order valence-electron chi connectivity index (χ3n) is 5.65. The largest absolute Gasteiger partial charge is 0.459 e. The van der Waals surface area contributed by atoms with Crippen LogP contribution in [-0.2, 0) is 22.3 Å². The van der Waals surface area contributed by atoms with E-state index in [-0.39, 0.29) is 11.5 Å². The first kappa shape index (κ1) is 25.0. The fourth-order valence-corrected chi connectivity index (χ4v) is 4.71. The number of sulfone groups is 1. The van der Waals surface area contributed by atoms with Gasteiger partial charge >= 0.3 is 0 Å². The Kier molecular flexibility index (Phi) is 6.79. The molecule has 5 rings (SSSR count). The highest BCUT2D eigenvalue weighted by atomic mass is 32.2. The molecule has 0 aliphatic carbocycles. The number of imidazole rings is 1. The van der Waals surface area contributed by atoms with E-state index in [2.05, 4.69) is 25.6 Å². The van der Waals surface area contributed by atoms with Gasteiger partial charge in [-0.3, -0.25) is 14.7 Å². The highest BCUT2D eigenvalue weighted by Crippen LogP contribution is 2.23. The van der Waals surface area contributed by atoms with Crippen LogP contribution in [0.5, 0.6) is 0 Å². The standard InChI is InChI=1S/C26H25N7O4S/c1-32(23-13-14-27-25(30-23)28-19-11-9-18(10-12-19)16-38(2,35)36)17-33-21-7-4-3-6-20(21)29-26(33)31-24(34)22-8-5-15-37-22/h3-15H,16-17H2,1-2H3,(H,27,28,30)(H,29,31,34). The van der Waals surface area contributed by atoms with Crippen LogP contribution in [0.25, 0.3) is 11.0 Å². The molecule has 1 amide bonds. The molecule has 0 saturated heterocycles. The van der Waals surface area contributed by atoms with Gasteiger partial charge in [0.25, 0.3) is 5.91 Å². The number of hydrogen-bond acceptors (Lipinski definition) is 9. The number of nitrogens with one attached hydrogen (secondary N) is 2. The molecule has 38 heavy (non-hydrogen) atoms. The van der Waals surface area contributed by atoms with Crippen molar-refractivity contribution in [3.63, 3.8) is 0 Å². The predicted molar refractivity (Wildman–Crippen MR) is 145 cm³/mol. The molecule has 2 aromatic carbocycles. The van der Waals surface area contributed by atoms with Crippen LogP contribution >= 0.6 is 0 Å². The molecule has 2 N–H and O–H groups in total. The summed E-state index contributed by atoms with van der Waals surface area (Å²) in [5.74, 6) is 1.17. The van der Waals surface area contributed by atoms with Crippen LogP contribution in [0, 0.1) is 0 Å². The second-order valence-electron chi connectivity index (χ2n) is 8.75. The zero-order valence-electron chi connectivity index (χ0n) is 20.7. The SMILES string of the molecule is CN(Cn1c(NC(=O)c2ccco2)nc2ccccc21)c1ccnc(Nc2ccc(CS(C)(=O)=O)cc2)n1. The number of furan rings is 1. The smallest absolute Gasteiger partial charge is 0.293 e. The van der Waals surface area contributed by atoms with Crippen molar-refractivity contribution in [2.24, 2.45) is 0 Å². The van der Waals surface area contributed by atoms with Crippen LogP contribution in [0.2, 0.25) is 0 Å². The molecular weight excluding hydrogens is 506 g/mol. The number of anilines is 4. The Morgan fingerprint density at radius 2 is 1.82 bits per heavy atom. The molecule has 5 aromatic rings. The number of rotatable bonds is 9. The van der Waals surface area contributed by atoms with E-state index in [1.54, 1.807) is 48.7 Å². The van der Waals surface area contributed by atoms with E-state index in [4.69, 9.17) is 4.42 Å². The number of amides is 1. The van der Waals surface area contributed by atoms with Gasteiger partial charge in [0.05, 0.1) is 29.7 Å². The lowest BCUT2D eigenvalue weighted by Crippen LogP contribution is -2.25. The number of benzene rings is 2. The molecule has 0 aliphatic rings. The Hall–Kier alpha value is -4.71. The molecule has 0 aliphatic heterocycles. The summed E-state index contributed by atoms with van der Waals surface area (Å²) < 4.78 is 30.1. The third kappa shape index (κ3) is 5.81. The van der Waals surface area contributed by atoms with Gasteiger partial charge in [-0.25, -0.2) is 18.4 Å². The molecule has 194 valence electrons. The van der Waals surface area contributed by atoms with E-state index in [0.717, 1.165) is 16.7 Å². The molecular formula is C26H25N7O4S. The maximum Gasteiger partial charge on any atom is 0.293 e. The van der Waals surface area contributed by atoms with Crippen molar-refractivity contribution in [1.29, 1.82) is 0 Å². The van der Waals surface area contributed by atoms with Crippen molar-refractivity contribution in [2.45, 2.75) is 12.4 Å². The molecule has 3 aromatic heterocycles. The minimum atomic E-state index is -3.11. The van der Waals surface area contributed by atoms with Crippen molar-refractivity contribution >= 4 is 50.2 Å². The van der Waals surface area contributed by atoms with Crippen LogP contribution in [-0.4, -0.2) is 47.1 Å². The number of carbonyl (C=O) groups is 1. The van der Waals surface area contributed by atoms with Crippen molar-refractivity contribution in [3.05, 3.63) is 90.5 Å². The summed E-state index contributed by atoms with van der Waals surface area (Å²) in [7, 11) is -1.23. The van der Waals surface area contributed by atoms with E-state index in [1.165, 1.54) is 12.5 Å². The molecule has 11 nitrogen and oxygen atoms in total. The van der Waals surface area contributed by atoms with Crippen molar-refractivity contribution in [1.82, 2.24) is 19.5 Å². The summed E-state index contributed by atoms with van der Waals surface area (Å²) in [4.78, 5) is 28.0. The van der Waals surface area contributed by atoms with Gasteiger partial charge in [0.2, 0.25) is 11.9 Å². The van der Waals surface area contributed by atoms with Gasteiger partial charge in [-0.2, -0.15) is 4.98 Å². The number of carbonyl (C=O) groups excluding carboxylic acids is 1. The summed E-state index contributed by atoms with van der Waals surface area (Å²) in [6, 6.07) is 19.7. The number of aromatic nitrogens is 4. The van der Waals surface area contributed by atoms with Gasteiger partial charge in [0.1, 0.15) is 5.82 Å². The third-order valence-corrected chi connectivity index (χ3v) is 6.51. The van der Waals surface area contributed by atoms with Gasteiger partial charge in [-0.05, 0) is 48.0 Å². The molecule has 0 unspecified atom stereocenters. The van der Waals surface area contributed by atoms with Gasteiger partial charge in [0, 0.05) is 25.2 Å². The lowest BCUT2D eigenvalue weighted by molar-refractivity contribution is 0.0995. The average molecular weight is 532 g/mol. The zero-order chi connectivity index (χ0) is 26.7. The summed E-state index contributed by atoms with van der Waals surface area (Å²) in [6.45, 7) is 0.338. The van der Waals surface area contributed by atoms with Crippen LogP contribution < -0.4 is 15.5 Å². The van der Waals surface area contributed by atoms with E-state index in [1.807, 2.05) is 40.8 Å². The van der Waals surface area contributed by atoms with Gasteiger partial charge in [-0.15, -0.1) is 0 Å². The number of para-hydroxylation sites is 2. The summed E-state index contributed by atoms with van der Waals surface area (Å²) in [5, 5.41) is 5.98. The topological polar surface area (TPSA) is 135 Å². The van der Waals surface area contributed by atoms with Crippen molar-refractivity contribution in [2.75, 3.05) is 28.8 Å². The molecule has 0 atom stereocenters. The lowest BCUT2D eigenvalue weighted by atomic mass is 10.2. The molecule has 0 bridgehead atoms. The number of fused-ring (bicyclic) bond motifs is 1. The molecule has 0 fully saturated rings. The predicted octanol–water partition coefficient (Wildman–Crippen LogP) is 4.05. The second kappa shape index (κ2) is 10.3. The van der Waals surface area contributed by atoms with Crippen LogP contribution in [0.1, 0.15) is 16.1 Å². The summed E-state index contributed by atoms with van der Waals surface area (Å²) in [5.41, 5.74) is 3.01. The summed E-state index contributed by atoms with van der Waals surface area (Å²) in [6.07, 6.45) is 4.29. The van der Waals surface area contributed by atoms with Gasteiger partial charge in [-0.1, -0.05) is 24.3 Å². The minimum absolute atomic E-state index is 0.0169. The van der Waals surface area contributed by atoms with Crippen molar-refractivity contribution < 1.29 is 17.6 Å². The maximum absolute atomic E-state index is 12.6. The second-order valence-corrected chi connectivity index (χ2v) is 10.9. The Bertz CT molecular complexity index is 1680. The number of nitrogens with zero attached hydrogens (tertiary/aromatic N) is 5. The first-order valence-corrected chi connectivity index (χ1v) is 13.7. The van der Waals surface area contributed by atoms with E-state index < -0.39 is 15.7 Å². The first-order valence-electron chi connectivity index (χ1n) is 11.6. The first-order chi connectivity index (χ1) is 18.2. The zero-order valence-corrected chi connectivity index (χ0v) is 21.5. The monoisotopic (exact) mass is 531 g/mol. The lowest BCUT2D eigenvalue weighted by Gasteiger charge is -2.21. The molecule has 0 radical (unpaired) electrons. The molecule has 3 heterocycles. The molecule has 0 saturated carbocycles. The fourth-order valence-electron chi connectivity index (χ4n) is 3.91. The minimum Gasteiger partial charge on any atom is -0.459 e. The quantitative estimate of drug-likeness (QED) is 0.289. The fraction of sp³-hybridized carbons (Fsp3) is 0.154. The number of hydrogen-bond donors (Lipinski definition) is 2. The highest BCUT2D eigenvalue weighted by Gasteiger charge is 2.17. The highest BCUT2D eigenvalue weighted by molar-refractivity contribution is 7.89. The Morgan fingerprint density at radius 1 is 1.03 bits per heavy atom. The average Bonchev–Trinajstić information content (AvgIpc) is 3.54. The normalized spacial score (nSPS) is 11.4. The molecule has 0 spiro atoms. The molecule has 12 heteroatoms. The van der Waals surface area contributed by atoms with E-state index in [9.17, 15) is 13.2 Å². The van der Waals surface area contributed by atoms with E-state index in [0.29, 0.717) is 29.9 Å². The van der Waals surface area contributed by atoms with Gasteiger partial charge < -0.3 is 14.6 Å². The summed E-state index contributed by atoms with van der Waals surface area (Å²) >= 11 is 0. The maximum atomic E-state index is 12.6. The van der Waals surface area contributed by atoms with Crippen LogP contribution in [0.4, 0.5) is 23.4 Å². The van der Waals surface area contributed by atoms with Gasteiger partial charge in [0.15, 0.2) is 15.6 Å². The Labute approximate surface area is 219 Å². The van der Waals surface area contributed by atoms with Crippen molar-refractivity contribution in [3.8, 4) is 0 Å². The van der Waals surface area contributed by atoms with Crippen LogP contribution in [0.3, 0.4) is 0 Å². The Morgan fingerprint density at radius 3 is 2.55 bits per heavy atom. The Balaban J connectivity index is 1.35.